The predicted octanol–water partition coefficient (Wildman–Crippen LogP) is 5.08. The highest BCUT2D eigenvalue weighted by atomic mass is 19.1. The molecule has 5 heteroatoms. The van der Waals surface area contributed by atoms with Crippen molar-refractivity contribution in [3.05, 3.63) is 100 Å². The highest BCUT2D eigenvalue weighted by Gasteiger charge is 2.16. The van der Waals surface area contributed by atoms with Crippen molar-refractivity contribution < 1.29 is 9.18 Å². The molecule has 4 aromatic rings. The molecule has 0 spiro atoms. The van der Waals surface area contributed by atoms with Crippen molar-refractivity contribution in [2.24, 2.45) is 0 Å². The van der Waals surface area contributed by atoms with Gasteiger partial charge in [0.05, 0.1) is 23.1 Å². The predicted molar refractivity (Wildman–Crippen MR) is 117 cm³/mol. The number of nitrogens with one attached hydrogen (secondary N) is 1. The van der Waals surface area contributed by atoms with Crippen LogP contribution in [-0.2, 0) is 13.1 Å². The first kappa shape index (κ1) is 19.8. The van der Waals surface area contributed by atoms with Crippen molar-refractivity contribution in [1.82, 2.24) is 14.9 Å². The average molecular weight is 401 g/mol. The van der Waals surface area contributed by atoms with Gasteiger partial charge in [0.15, 0.2) is 0 Å². The molecule has 0 saturated heterocycles. The van der Waals surface area contributed by atoms with Crippen molar-refractivity contribution in [2.45, 2.75) is 33.9 Å². The molecule has 0 fully saturated rings. The molecule has 0 saturated carbocycles. The largest absolute Gasteiger partial charge is 0.345 e. The minimum absolute atomic E-state index is 0.0328. The van der Waals surface area contributed by atoms with Crippen LogP contribution < -0.4 is 5.32 Å². The molecule has 0 bridgehead atoms. The van der Waals surface area contributed by atoms with E-state index in [-0.39, 0.29) is 12.1 Å². The Hall–Kier alpha value is -3.47. The number of halogens is 1. The molecule has 0 unspecified atom stereocenters. The van der Waals surface area contributed by atoms with E-state index in [0.717, 1.165) is 16.9 Å². The number of amides is 1. The van der Waals surface area contributed by atoms with Gasteiger partial charge in [-0.3, -0.25) is 4.79 Å². The van der Waals surface area contributed by atoms with E-state index >= 15 is 0 Å². The third kappa shape index (κ3) is 3.83. The fourth-order valence-electron chi connectivity index (χ4n) is 3.95. The lowest BCUT2D eigenvalue weighted by Gasteiger charge is -2.15. The van der Waals surface area contributed by atoms with Gasteiger partial charge >= 0.3 is 0 Å². The zero-order valence-corrected chi connectivity index (χ0v) is 17.4. The second kappa shape index (κ2) is 8.11. The Labute approximate surface area is 175 Å². The fraction of sp³-hybridized carbons (Fsp3) is 0.200. The molecule has 0 aliphatic carbocycles. The van der Waals surface area contributed by atoms with E-state index in [0.29, 0.717) is 6.54 Å². The van der Waals surface area contributed by atoms with E-state index < -0.39 is 11.7 Å². The topological polar surface area (TPSA) is 46.9 Å². The monoisotopic (exact) mass is 401 g/mol. The number of carbonyl (C=O) groups excluding carboxylic acids is 1. The highest BCUT2D eigenvalue weighted by Crippen LogP contribution is 2.22. The maximum Gasteiger partial charge on any atom is 0.254 e. The van der Waals surface area contributed by atoms with Crippen LogP contribution in [0.1, 0.15) is 38.4 Å². The molecule has 1 heterocycles. The standard InChI is InChI=1S/C25H24FN3O/c1-16-12-17(2)20(18(3)13-16)15-29-23-11-7-6-10-22(23)28-24(29)14-27-25(30)19-8-4-5-9-21(19)26/h4-13H,14-15H2,1-3H3,(H,27,30). The lowest BCUT2D eigenvalue weighted by molar-refractivity contribution is 0.0945. The number of aryl methyl sites for hydroxylation is 3. The number of fused-ring (bicyclic) bond motifs is 1. The van der Waals surface area contributed by atoms with Crippen LogP contribution in [0.4, 0.5) is 4.39 Å². The van der Waals surface area contributed by atoms with Crippen LogP contribution in [0, 0.1) is 26.6 Å². The summed E-state index contributed by atoms with van der Waals surface area (Å²) < 4.78 is 16.1. The van der Waals surface area contributed by atoms with E-state index in [9.17, 15) is 9.18 Å². The number of carbonyl (C=O) groups is 1. The number of hydrogen-bond donors (Lipinski definition) is 1. The molecule has 152 valence electrons. The van der Waals surface area contributed by atoms with Gasteiger partial charge in [-0.1, -0.05) is 42.0 Å². The number of rotatable bonds is 5. The van der Waals surface area contributed by atoms with Crippen molar-refractivity contribution in [1.29, 1.82) is 0 Å². The Morgan fingerprint density at radius 3 is 2.40 bits per heavy atom. The third-order valence-electron chi connectivity index (χ3n) is 5.42. The fourth-order valence-corrected chi connectivity index (χ4v) is 3.95. The van der Waals surface area contributed by atoms with E-state index in [1.54, 1.807) is 12.1 Å². The Bertz CT molecular complexity index is 1220. The van der Waals surface area contributed by atoms with E-state index in [1.807, 2.05) is 24.3 Å². The van der Waals surface area contributed by atoms with Crippen molar-refractivity contribution in [3.8, 4) is 0 Å². The average Bonchev–Trinajstić information content (AvgIpc) is 3.06. The summed E-state index contributed by atoms with van der Waals surface area (Å²) in [7, 11) is 0. The summed E-state index contributed by atoms with van der Waals surface area (Å²) in [5.74, 6) is -0.246. The number of benzene rings is 3. The lowest BCUT2D eigenvalue weighted by atomic mass is 9.99. The van der Waals surface area contributed by atoms with Crippen LogP contribution in [-0.4, -0.2) is 15.5 Å². The van der Waals surface area contributed by atoms with Crippen LogP contribution in [0.25, 0.3) is 11.0 Å². The molecule has 0 atom stereocenters. The van der Waals surface area contributed by atoms with Crippen LogP contribution in [0.2, 0.25) is 0 Å². The second-order valence-electron chi connectivity index (χ2n) is 7.64. The summed E-state index contributed by atoms with van der Waals surface area (Å²) in [6.07, 6.45) is 0. The van der Waals surface area contributed by atoms with Crippen molar-refractivity contribution in [3.63, 3.8) is 0 Å². The number of aromatic nitrogens is 2. The summed E-state index contributed by atoms with van der Waals surface area (Å²) in [6, 6.07) is 18.3. The second-order valence-corrected chi connectivity index (χ2v) is 7.64. The van der Waals surface area contributed by atoms with Gasteiger partial charge in [0, 0.05) is 6.54 Å². The van der Waals surface area contributed by atoms with E-state index in [4.69, 9.17) is 4.98 Å². The molecule has 4 nitrogen and oxygen atoms in total. The molecular weight excluding hydrogens is 377 g/mol. The Morgan fingerprint density at radius 2 is 1.67 bits per heavy atom. The number of imidazole rings is 1. The van der Waals surface area contributed by atoms with Crippen LogP contribution in [0.5, 0.6) is 0 Å². The summed E-state index contributed by atoms with van der Waals surface area (Å²) in [5.41, 5.74) is 6.85. The summed E-state index contributed by atoms with van der Waals surface area (Å²) in [4.78, 5) is 17.2. The molecule has 1 aromatic heterocycles. The van der Waals surface area contributed by atoms with Gasteiger partial charge in [-0.25, -0.2) is 9.37 Å². The Balaban J connectivity index is 1.67. The van der Waals surface area contributed by atoms with Gasteiger partial charge in [-0.15, -0.1) is 0 Å². The van der Waals surface area contributed by atoms with E-state index in [1.165, 1.54) is 34.4 Å². The Morgan fingerprint density at radius 1 is 1.00 bits per heavy atom. The molecule has 1 amide bonds. The molecule has 4 rings (SSSR count). The SMILES string of the molecule is Cc1cc(C)c(Cn2c(CNC(=O)c3ccccc3F)nc3ccccc32)c(C)c1. The van der Waals surface area contributed by atoms with Crippen LogP contribution in [0.3, 0.4) is 0 Å². The quantitative estimate of drug-likeness (QED) is 0.507. The van der Waals surface area contributed by atoms with Gasteiger partial charge in [-0.05, 0) is 61.7 Å². The maximum absolute atomic E-state index is 13.9. The van der Waals surface area contributed by atoms with Crippen LogP contribution in [0.15, 0.2) is 60.7 Å². The zero-order chi connectivity index (χ0) is 21.3. The maximum atomic E-state index is 13.9. The molecule has 0 aliphatic heterocycles. The highest BCUT2D eigenvalue weighted by molar-refractivity contribution is 5.94. The number of nitrogens with zero attached hydrogens (tertiary/aromatic N) is 2. The molecule has 3 aromatic carbocycles. The summed E-state index contributed by atoms with van der Waals surface area (Å²) >= 11 is 0. The zero-order valence-electron chi connectivity index (χ0n) is 17.4. The number of hydrogen-bond acceptors (Lipinski definition) is 2. The summed E-state index contributed by atoms with van der Waals surface area (Å²) in [5, 5.41) is 2.82. The van der Waals surface area contributed by atoms with Gasteiger partial charge < -0.3 is 9.88 Å². The molecule has 0 aliphatic rings. The van der Waals surface area contributed by atoms with Crippen LogP contribution >= 0.6 is 0 Å². The van der Waals surface area contributed by atoms with E-state index in [2.05, 4.69) is 42.8 Å². The molecule has 0 radical (unpaired) electrons. The van der Waals surface area contributed by atoms with Gasteiger partial charge in [0.25, 0.3) is 5.91 Å². The normalized spacial score (nSPS) is 11.1. The first-order valence-corrected chi connectivity index (χ1v) is 9.97. The van der Waals surface area contributed by atoms with Crippen molar-refractivity contribution >= 4 is 16.9 Å². The molecular formula is C25H24FN3O. The minimum atomic E-state index is -0.533. The van der Waals surface area contributed by atoms with Gasteiger partial charge in [0.2, 0.25) is 0 Å². The molecule has 1 N–H and O–H groups in total. The Kier molecular flexibility index (Phi) is 5.36. The minimum Gasteiger partial charge on any atom is -0.345 e. The number of para-hydroxylation sites is 2. The smallest absolute Gasteiger partial charge is 0.254 e. The van der Waals surface area contributed by atoms with Crippen molar-refractivity contribution in [2.75, 3.05) is 0 Å². The van der Waals surface area contributed by atoms with Gasteiger partial charge in [-0.2, -0.15) is 0 Å². The first-order valence-electron chi connectivity index (χ1n) is 9.97. The summed E-state index contributed by atoms with van der Waals surface area (Å²) in [6.45, 7) is 7.21. The lowest BCUT2D eigenvalue weighted by Crippen LogP contribution is -2.25. The first-order chi connectivity index (χ1) is 14.4. The molecule has 30 heavy (non-hydrogen) atoms. The van der Waals surface area contributed by atoms with Gasteiger partial charge in [0.1, 0.15) is 11.6 Å². The third-order valence-corrected chi connectivity index (χ3v) is 5.42.